The first kappa shape index (κ1) is 9.68. The lowest BCUT2D eigenvalue weighted by molar-refractivity contribution is 1.50. The standard InChI is InChI=1S/C15H10N2/c16-9-10-4-5-11-8-14-12(7-13(11)6-10)2-1-3-15(14)17/h1-8H,17H2. The first-order chi connectivity index (χ1) is 8.28. The van der Waals surface area contributed by atoms with E-state index in [9.17, 15) is 0 Å². The van der Waals surface area contributed by atoms with Crippen LogP contribution >= 0.6 is 0 Å². The predicted molar refractivity (Wildman–Crippen MR) is 70.6 cm³/mol. The summed E-state index contributed by atoms with van der Waals surface area (Å²) in [6.45, 7) is 0. The molecule has 0 saturated carbocycles. The second-order valence-corrected chi connectivity index (χ2v) is 4.09. The zero-order valence-corrected chi connectivity index (χ0v) is 9.14. The molecular formula is C15H10N2. The number of nitrogen functional groups attached to an aromatic ring is 1. The molecule has 0 unspecified atom stereocenters. The van der Waals surface area contributed by atoms with Crippen molar-refractivity contribution in [2.24, 2.45) is 0 Å². The fraction of sp³-hybridized carbons (Fsp3) is 0. The molecule has 0 aromatic heterocycles. The average Bonchev–Trinajstić information content (AvgIpc) is 2.36. The molecule has 3 aromatic rings. The lowest BCUT2D eigenvalue weighted by Crippen LogP contribution is -1.86. The minimum atomic E-state index is 0.681. The van der Waals surface area contributed by atoms with Crippen LogP contribution in [0.15, 0.2) is 48.5 Å². The zero-order valence-electron chi connectivity index (χ0n) is 9.14. The molecule has 0 saturated heterocycles. The Morgan fingerprint density at radius 2 is 1.76 bits per heavy atom. The molecule has 2 nitrogen and oxygen atoms in total. The molecule has 3 aromatic carbocycles. The number of anilines is 1. The van der Waals surface area contributed by atoms with Gasteiger partial charge >= 0.3 is 0 Å². The van der Waals surface area contributed by atoms with Gasteiger partial charge in [0.05, 0.1) is 11.6 Å². The van der Waals surface area contributed by atoms with Crippen molar-refractivity contribution in [3.05, 3.63) is 54.1 Å². The van der Waals surface area contributed by atoms with Crippen LogP contribution in [0.5, 0.6) is 0 Å². The van der Waals surface area contributed by atoms with Crippen LogP contribution in [-0.2, 0) is 0 Å². The minimum absolute atomic E-state index is 0.681. The van der Waals surface area contributed by atoms with Crippen molar-refractivity contribution in [2.75, 3.05) is 5.73 Å². The first-order valence-electron chi connectivity index (χ1n) is 5.40. The van der Waals surface area contributed by atoms with E-state index in [4.69, 9.17) is 11.0 Å². The van der Waals surface area contributed by atoms with E-state index >= 15 is 0 Å². The maximum Gasteiger partial charge on any atom is 0.0991 e. The summed E-state index contributed by atoms with van der Waals surface area (Å²) in [6, 6.07) is 17.9. The van der Waals surface area contributed by atoms with Gasteiger partial charge in [0.1, 0.15) is 0 Å². The summed E-state index contributed by atoms with van der Waals surface area (Å²) in [7, 11) is 0. The number of nitriles is 1. The summed E-state index contributed by atoms with van der Waals surface area (Å²) >= 11 is 0. The third kappa shape index (κ3) is 1.49. The topological polar surface area (TPSA) is 49.8 Å². The second kappa shape index (κ2) is 3.50. The van der Waals surface area contributed by atoms with Gasteiger partial charge in [-0.2, -0.15) is 5.26 Å². The molecule has 3 rings (SSSR count). The summed E-state index contributed by atoms with van der Waals surface area (Å²) in [5, 5.41) is 13.2. The van der Waals surface area contributed by atoms with Gasteiger partial charge in [0.15, 0.2) is 0 Å². The number of hydrogen-bond acceptors (Lipinski definition) is 2. The Balaban J connectivity index is 2.44. The minimum Gasteiger partial charge on any atom is -0.398 e. The molecule has 0 amide bonds. The molecule has 0 heterocycles. The Kier molecular flexibility index (Phi) is 1.99. The molecule has 0 spiro atoms. The van der Waals surface area contributed by atoms with Gasteiger partial charge < -0.3 is 5.73 Å². The zero-order chi connectivity index (χ0) is 11.8. The lowest BCUT2D eigenvalue weighted by atomic mass is 10.0. The van der Waals surface area contributed by atoms with Crippen LogP contribution in [0.3, 0.4) is 0 Å². The fourth-order valence-electron chi connectivity index (χ4n) is 2.12. The first-order valence-corrected chi connectivity index (χ1v) is 5.40. The Hall–Kier alpha value is -2.53. The number of nitrogens with zero attached hydrogens (tertiary/aromatic N) is 1. The quantitative estimate of drug-likeness (QED) is 0.464. The highest BCUT2D eigenvalue weighted by molar-refractivity contribution is 6.03. The van der Waals surface area contributed by atoms with Gasteiger partial charge in [0.2, 0.25) is 0 Å². The molecule has 2 N–H and O–H groups in total. The molecule has 0 radical (unpaired) electrons. The van der Waals surface area contributed by atoms with Crippen LogP contribution < -0.4 is 5.73 Å². The number of rotatable bonds is 0. The van der Waals surface area contributed by atoms with Crippen LogP contribution in [0, 0.1) is 11.3 Å². The number of fused-ring (bicyclic) bond motifs is 2. The smallest absolute Gasteiger partial charge is 0.0991 e. The predicted octanol–water partition coefficient (Wildman–Crippen LogP) is 3.45. The van der Waals surface area contributed by atoms with Crippen molar-refractivity contribution >= 4 is 27.2 Å². The third-order valence-corrected chi connectivity index (χ3v) is 3.00. The van der Waals surface area contributed by atoms with E-state index in [1.165, 1.54) is 0 Å². The molecule has 0 atom stereocenters. The highest BCUT2D eigenvalue weighted by Gasteiger charge is 2.01. The number of benzene rings is 3. The summed E-state index contributed by atoms with van der Waals surface area (Å²) < 4.78 is 0. The summed E-state index contributed by atoms with van der Waals surface area (Å²) in [4.78, 5) is 0. The SMILES string of the molecule is N#Cc1ccc2cc3c(N)cccc3cc2c1. The largest absolute Gasteiger partial charge is 0.398 e. The van der Waals surface area contributed by atoms with Crippen LogP contribution in [0.25, 0.3) is 21.5 Å². The van der Waals surface area contributed by atoms with Crippen molar-refractivity contribution in [2.45, 2.75) is 0 Å². The van der Waals surface area contributed by atoms with Crippen LogP contribution in [-0.4, -0.2) is 0 Å². The maximum absolute atomic E-state index is 8.88. The van der Waals surface area contributed by atoms with Crippen molar-refractivity contribution in [1.29, 1.82) is 5.26 Å². The molecule has 2 heteroatoms. The number of hydrogen-bond donors (Lipinski definition) is 1. The highest BCUT2D eigenvalue weighted by Crippen LogP contribution is 2.27. The molecular weight excluding hydrogens is 208 g/mol. The van der Waals surface area contributed by atoms with Crippen molar-refractivity contribution in [1.82, 2.24) is 0 Å². The van der Waals surface area contributed by atoms with Crippen LogP contribution in [0.1, 0.15) is 5.56 Å². The molecule has 0 aliphatic heterocycles. The molecule has 0 aliphatic rings. The molecule has 0 aliphatic carbocycles. The van der Waals surface area contributed by atoms with Gasteiger partial charge in [-0.1, -0.05) is 18.2 Å². The van der Waals surface area contributed by atoms with Gasteiger partial charge in [-0.3, -0.25) is 0 Å². The van der Waals surface area contributed by atoms with E-state index < -0.39 is 0 Å². The number of nitrogens with two attached hydrogens (primary N) is 1. The van der Waals surface area contributed by atoms with Crippen LogP contribution in [0.4, 0.5) is 5.69 Å². The highest BCUT2D eigenvalue weighted by atomic mass is 14.5. The summed E-state index contributed by atoms with van der Waals surface area (Å²) in [6.07, 6.45) is 0. The Morgan fingerprint density at radius 3 is 2.59 bits per heavy atom. The molecule has 0 fully saturated rings. The fourth-order valence-corrected chi connectivity index (χ4v) is 2.12. The lowest BCUT2D eigenvalue weighted by Gasteiger charge is -2.05. The van der Waals surface area contributed by atoms with Crippen LogP contribution in [0.2, 0.25) is 0 Å². The second-order valence-electron chi connectivity index (χ2n) is 4.09. The summed E-state index contributed by atoms with van der Waals surface area (Å²) in [5.74, 6) is 0. The normalized spacial score (nSPS) is 10.5. The van der Waals surface area contributed by atoms with E-state index in [1.54, 1.807) is 0 Å². The Bertz CT molecular complexity index is 767. The van der Waals surface area contributed by atoms with E-state index in [-0.39, 0.29) is 0 Å². The molecule has 0 bridgehead atoms. The monoisotopic (exact) mass is 218 g/mol. The van der Waals surface area contributed by atoms with Crippen molar-refractivity contribution in [3.8, 4) is 6.07 Å². The maximum atomic E-state index is 8.88. The summed E-state index contributed by atoms with van der Waals surface area (Å²) in [5.41, 5.74) is 7.42. The molecule has 17 heavy (non-hydrogen) atoms. The Labute approximate surface area is 98.9 Å². The average molecular weight is 218 g/mol. The van der Waals surface area contributed by atoms with Crippen molar-refractivity contribution in [3.63, 3.8) is 0 Å². The Morgan fingerprint density at radius 1 is 0.882 bits per heavy atom. The van der Waals surface area contributed by atoms with Gasteiger partial charge in [-0.05, 0) is 46.5 Å². The van der Waals surface area contributed by atoms with Gasteiger partial charge in [-0.25, -0.2) is 0 Å². The van der Waals surface area contributed by atoms with E-state index in [1.807, 2.05) is 36.4 Å². The van der Waals surface area contributed by atoms with Gasteiger partial charge in [0, 0.05) is 11.1 Å². The third-order valence-electron chi connectivity index (χ3n) is 3.00. The van der Waals surface area contributed by atoms with Crippen molar-refractivity contribution < 1.29 is 0 Å². The van der Waals surface area contributed by atoms with Gasteiger partial charge in [0.25, 0.3) is 0 Å². The molecule has 80 valence electrons. The van der Waals surface area contributed by atoms with E-state index in [2.05, 4.69) is 18.2 Å². The van der Waals surface area contributed by atoms with Gasteiger partial charge in [-0.15, -0.1) is 0 Å². The van der Waals surface area contributed by atoms with E-state index in [0.717, 1.165) is 27.2 Å². The van der Waals surface area contributed by atoms with E-state index in [0.29, 0.717) is 5.56 Å².